The highest BCUT2D eigenvalue weighted by atomic mass is 16.1. The average molecular weight is 519 g/mol. The van der Waals surface area contributed by atoms with Crippen molar-refractivity contribution in [3.8, 4) is 0 Å². The molecule has 0 amide bonds. The number of carbonyl (C=O) groups is 1. The van der Waals surface area contributed by atoms with Crippen LogP contribution in [0.3, 0.4) is 0 Å². The summed E-state index contributed by atoms with van der Waals surface area (Å²) < 4.78 is 0. The van der Waals surface area contributed by atoms with Crippen LogP contribution in [0.15, 0.2) is 176 Å². The quantitative estimate of drug-likeness (QED) is 0.116. The fraction of sp³-hybridized carbons (Fsp3) is 0.0541. The summed E-state index contributed by atoms with van der Waals surface area (Å²) in [6, 6.07) is 51.2. The maximum Gasteiger partial charge on any atom is 0.173 e. The third-order valence-electron chi connectivity index (χ3n) is 7.23. The van der Waals surface area contributed by atoms with Gasteiger partial charge in [0.2, 0.25) is 0 Å². The zero-order valence-corrected chi connectivity index (χ0v) is 22.1. The SMILES string of the molecule is O=C(c1ccccc1)C1C=CC(N(c2ccccc2)c2ccccc2)(N(c2ccccc2)c2ccccc2)C=C1. The van der Waals surface area contributed by atoms with E-state index in [1.807, 2.05) is 66.7 Å². The Morgan fingerprint density at radius 1 is 0.450 bits per heavy atom. The van der Waals surface area contributed by atoms with Gasteiger partial charge in [-0.2, -0.15) is 0 Å². The van der Waals surface area contributed by atoms with Crippen LogP contribution in [-0.2, 0) is 0 Å². The van der Waals surface area contributed by atoms with E-state index < -0.39 is 5.66 Å². The molecule has 40 heavy (non-hydrogen) atoms. The van der Waals surface area contributed by atoms with Crippen LogP contribution in [-0.4, -0.2) is 11.4 Å². The highest BCUT2D eigenvalue weighted by Crippen LogP contribution is 2.45. The number of allylic oxidation sites excluding steroid dienone is 2. The fourth-order valence-corrected chi connectivity index (χ4v) is 5.41. The molecule has 0 saturated heterocycles. The van der Waals surface area contributed by atoms with Crippen LogP contribution >= 0.6 is 0 Å². The van der Waals surface area contributed by atoms with Gasteiger partial charge in [0.25, 0.3) is 0 Å². The first kappa shape index (κ1) is 25.1. The Labute approximate surface area is 236 Å². The molecule has 0 heterocycles. The lowest BCUT2D eigenvalue weighted by Gasteiger charge is -2.51. The van der Waals surface area contributed by atoms with Crippen molar-refractivity contribution in [3.63, 3.8) is 0 Å². The number of benzene rings is 5. The van der Waals surface area contributed by atoms with Gasteiger partial charge in [-0.15, -0.1) is 0 Å². The molecule has 0 bridgehead atoms. The Morgan fingerprint density at radius 3 is 1.07 bits per heavy atom. The summed E-state index contributed by atoms with van der Waals surface area (Å²) in [6.07, 6.45) is 8.46. The summed E-state index contributed by atoms with van der Waals surface area (Å²) >= 11 is 0. The average Bonchev–Trinajstić information content (AvgIpc) is 3.04. The van der Waals surface area contributed by atoms with Crippen LogP contribution in [0.1, 0.15) is 10.4 Å². The van der Waals surface area contributed by atoms with Crippen LogP contribution in [0.2, 0.25) is 0 Å². The normalized spacial score (nSPS) is 14.0. The van der Waals surface area contributed by atoms with Gasteiger partial charge in [-0.1, -0.05) is 115 Å². The molecule has 0 aliphatic heterocycles. The fourth-order valence-electron chi connectivity index (χ4n) is 5.41. The van der Waals surface area contributed by atoms with Crippen LogP contribution in [0.5, 0.6) is 0 Å². The van der Waals surface area contributed by atoms with Crippen molar-refractivity contribution in [3.05, 3.63) is 182 Å². The first-order chi connectivity index (χ1) is 19.8. The van der Waals surface area contributed by atoms with Gasteiger partial charge in [0.05, 0.1) is 5.92 Å². The maximum absolute atomic E-state index is 13.5. The Bertz CT molecular complexity index is 1420. The van der Waals surface area contributed by atoms with Crippen molar-refractivity contribution in [1.82, 2.24) is 0 Å². The smallest absolute Gasteiger partial charge is 0.173 e. The van der Waals surface area contributed by atoms with Gasteiger partial charge in [-0.25, -0.2) is 0 Å². The van der Waals surface area contributed by atoms with E-state index in [2.05, 4.69) is 119 Å². The molecule has 0 saturated carbocycles. The largest absolute Gasteiger partial charge is 0.311 e. The van der Waals surface area contributed by atoms with E-state index in [1.165, 1.54) is 0 Å². The van der Waals surface area contributed by atoms with Gasteiger partial charge < -0.3 is 9.80 Å². The minimum absolute atomic E-state index is 0.0821. The summed E-state index contributed by atoms with van der Waals surface area (Å²) in [6.45, 7) is 0. The number of Topliss-reactive ketones (excluding diaryl/α,β-unsaturated/α-hetero) is 1. The second-order valence-corrected chi connectivity index (χ2v) is 9.77. The molecule has 194 valence electrons. The minimum Gasteiger partial charge on any atom is -0.311 e. The molecular formula is C37H30N2O. The van der Waals surface area contributed by atoms with Gasteiger partial charge >= 0.3 is 0 Å². The van der Waals surface area contributed by atoms with Gasteiger partial charge in [-0.3, -0.25) is 4.79 Å². The summed E-state index contributed by atoms with van der Waals surface area (Å²) in [5, 5.41) is 0. The topological polar surface area (TPSA) is 23.6 Å². The zero-order chi connectivity index (χ0) is 27.2. The van der Waals surface area contributed by atoms with Crippen LogP contribution < -0.4 is 9.80 Å². The number of anilines is 4. The minimum atomic E-state index is -0.807. The van der Waals surface area contributed by atoms with Crippen molar-refractivity contribution in [2.45, 2.75) is 5.66 Å². The molecule has 0 N–H and O–H groups in total. The van der Waals surface area contributed by atoms with Crippen molar-refractivity contribution < 1.29 is 4.79 Å². The first-order valence-corrected chi connectivity index (χ1v) is 13.5. The number of ketones is 1. The highest BCUT2D eigenvalue weighted by molar-refractivity contribution is 6.00. The number of carbonyl (C=O) groups excluding carboxylic acids is 1. The lowest BCUT2D eigenvalue weighted by Crippen LogP contribution is -2.56. The summed E-state index contributed by atoms with van der Waals surface area (Å²) in [5.41, 5.74) is 4.04. The second-order valence-electron chi connectivity index (χ2n) is 9.77. The van der Waals surface area contributed by atoms with Crippen LogP contribution in [0.25, 0.3) is 0 Å². The molecule has 1 aliphatic rings. The number of para-hydroxylation sites is 4. The molecular weight excluding hydrogens is 488 g/mol. The molecule has 0 fully saturated rings. The molecule has 1 aliphatic carbocycles. The Hall–Kier alpha value is -5.15. The van der Waals surface area contributed by atoms with Gasteiger partial charge in [0.15, 0.2) is 11.4 Å². The van der Waals surface area contributed by atoms with E-state index in [9.17, 15) is 4.79 Å². The highest BCUT2D eigenvalue weighted by Gasteiger charge is 2.43. The standard InChI is InChI=1S/C37H30N2O/c40-36(30-16-6-1-7-17-30)31-26-28-37(29-27-31,38(32-18-8-2-9-19-32)33-20-10-3-11-21-33)39(34-22-12-4-13-23-34)35-24-14-5-15-25-35/h1-29,31H. The molecule has 6 rings (SSSR count). The maximum atomic E-state index is 13.5. The van der Waals surface area contributed by atoms with Crippen LogP contribution in [0, 0.1) is 5.92 Å². The molecule has 3 nitrogen and oxygen atoms in total. The lowest BCUT2D eigenvalue weighted by atomic mass is 9.87. The number of hydrogen-bond donors (Lipinski definition) is 0. The molecule has 3 heteroatoms. The number of nitrogens with zero attached hydrogens (tertiary/aromatic N) is 2. The van der Waals surface area contributed by atoms with Crippen molar-refractivity contribution in [1.29, 1.82) is 0 Å². The van der Waals surface area contributed by atoms with E-state index in [4.69, 9.17) is 0 Å². The van der Waals surface area contributed by atoms with Crippen LogP contribution in [0.4, 0.5) is 22.7 Å². The third kappa shape index (κ3) is 4.85. The Balaban J connectivity index is 1.58. The van der Waals surface area contributed by atoms with Crippen molar-refractivity contribution in [2.75, 3.05) is 9.80 Å². The summed E-state index contributed by atoms with van der Waals surface area (Å²) in [7, 11) is 0. The summed E-state index contributed by atoms with van der Waals surface area (Å²) in [5.74, 6) is -0.282. The monoisotopic (exact) mass is 518 g/mol. The van der Waals surface area contributed by atoms with E-state index >= 15 is 0 Å². The predicted octanol–water partition coefficient (Wildman–Crippen LogP) is 8.98. The first-order valence-electron chi connectivity index (χ1n) is 13.5. The van der Waals surface area contributed by atoms with E-state index in [0.29, 0.717) is 5.56 Å². The molecule has 5 aromatic rings. The number of hydrogen-bond acceptors (Lipinski definition) is 3. The van der Waals surface area contributed by atoms with Crippen molar-refractivity contribution in [2.24, 2.45) is 5.92 Å². The van der Waals surface area contributed by atoms with E-state index in [0.717, 1.165) is 22.7 Å². The van der Waals surface area contributed by atoms with Gasteiger partial charge in [0, 0.05) is 28.3 Å². The van der Waals surface area contributed by atoms with Crippen molar-refractivity contribution >= 4 is 28.5 Å². The molecule has 0 unspecified atom stereocenters. The number of rotatable bonds is 8. The molecule has 0 spiro atoms. The Morgan fingerprint density at radius 2 is 0.750 bits per heavy atom. The van der Waals surface area contributed by atoms with E-state index in [-0.39, 0.29) is 11.7 Å². The summed E-state index contributed by atoms with van der Waals surface area (Å²) in [4.78, 5) is 18.2. The predicted molar refractivity (Wildman–Crippen MR) is 165 cm³/mol. The lowest BCUT2D eigenvalue weighted by molar-refractivity contribution is 0.0964. The molecule has 0 radical (unpaired) electrons. The second kappa shape index (κ2) is 11.3. The van der Waals surface area contributed by atoms with Gasteiger partial charge in [-0.05, 0) is 60.7 Å². The third-order valence-corrected chi connectivity index (χ3v) is 7.23. The molecule has 0 aromatic heterocycles. The molecule has 5 aromatic carbocycles. The van der Waals surface area contributed by atoms with Gasteiger partial charge in [0.1, 0.15) is 0 Å². The van der Waals surface area contributed by atoms with E-state index in [1.54, 1.807) is 0 Å². The molecule has 0 atom stereocenters. The zero-order valence-electron chi connectivity index (χ0n) is 22.1. The Kier molecular flexibility index (Phi) is 7.11.